The van der Waals surface area contributed by atoms with Crippen molar-refractivity contribution in [2.75, 3.05) is 44.6 Å². The van der Waals surface area contributed by atoms with E-state index in [-0.39, 0.29) is 23.4 Å². The predicted molar refractivity (Wildman–Crippen MR) is 139 cm³/mol. The average molecular weight is 504 g/mol. The quantitative estimate of drug-likeness (QED) is 0.563. The number of hydrogen-bond donors (Lipinski definition) is 2. The molecule has 3 amide bonds. The normalized spacial score (nSPS) is 16.3. The maximum absolute atomic E-state index is 13.5. The van der Waals surface area contributed by atoms with E-state index in [0.717, 1.165) is 11.1 Å². The van der Waals surface area contributed by atoms with E-state index in [4.69, 9.17) is 9.47 Å². The van der Waals surface area contributed by atoms with Crippen LogP contribution in [0.2, 0.25) is 0 Å². The number of benzene rings is 2. The van der Waals surface area contributed by atoms with Gasteiger partial charge < -0.3 is 29.9 Å². The molecule has 0 atom stereocenters. The van der Waals surface area contributed by atoms with Crippen molar-refractivity contribution in [3.05, 3.63) is 53.7 Å². The van der Waals surface area contributed by atoms with Gasteiger partial charge in [-0.05, 0) is 30.3 Å². The minimum atomic E-state index is -0.617. The maximum atomic E-state index is 13.5. The number of anilines is 2. The molecule has 2 aliphatic heterocycles. The van der Waals surface area contributed by atoms with Crippen LogP contribution in [0.5, 0.6) is 11.5 Å². The first-order valence-electron chi connectivity index (χ1n) is 12.1. The number of fused-ring (bicyclic) bond motifs is 2. The third kappa shape index (κ3) is 4.18. The number of nitrogens with one attached hydrogen (secondary N) is 2. The number of rotatable bonds is 4. The minimum absolute atomic E-state index is 0.199. The van der Waals surface area contributed by atoms with Crippen molar-refractivity contribution in [2.24, 2.45) is 0 Å². The maximum Gasteiger partial charge on any atom is 0.272 e. The largest absolute Gasteiger partial charge is 0.496 e. The molecule has 10 nitrogen and oxygen atoms in total. The summed E-state index contributed by atoms with van der Waals surface area (Å²) >= 11 is 0. The average Bonchev–Trinajstić information content (AvgIpc) is 2.90. The molecule has 10 heteroatoms. The molecule has 2 aromatic carbocycles. The van der Waals surface area contributed by atoms with Crippen LogP contribution in [0.15, 0.2) is 42.5 Å². The molecule has 37 heavy (non-hydrogen) atoms. The molecule has 1 spiro atoms. The summed E-state index contributed by atoms with van der Waals surface area (Å²) in [6, 6.07) is 12.5. The molecule has 2 aliphatic rings. The van der Waals surface area contributed by atoms with Crippen LogP contribution in [0.25, 0.3) is 10.9 Å². The number of amides is 3. The number of methoxy groups -OCH3 is 2. The number of aromatic nitrogens is 1. The van der Waals surface area contributed by atoms with Gasteiger partial charge in [0.25, 0.3) is 11.8 Å². The van der Waals surface area contributed by atoms with Crippen LogP contribution >= 0.6 is 0 Å². The van der Waals surface area contributed by atoms with Crippen molar-refractivity contribution in [3.63, 3.8) is 0 Å². The lowest BCUT2D eigenvalue weighted by Gasteiger charge is -2.51. The van der Waals surface area contributed by atoms with Gasteiger partial charge in [0.2, 0.25) is 5.91 Å². The summed E-state index contributed by atoms with van der Waals surface area (Å²) in [5, 5.41) is 6.64. The fourth-order valence-electron chi connectivity index (χ4n) is 5.22. The molecule has 1 saturated heterocycles. The van der Waals surface area contributed by atoms with E-state index in [1.165, 1.54) is 6.92 Å². The Labute approximate surface area is 214 Å². The first-order chi connectivity index (χ1) is 17.8. The van der Waals surface area contributed by atoms with Gasteiger partial charge in [0.15, 0.2) is 0 Å². The number of likely N-dealkylation sites (tertiary alicyclic amines) is 1. The fraction of sp³-hybridized carbons (Fsp3) is 0.333. The number of para-hydroxylation sites is 1. The van der Waals surface area contributed by atoms with E-state index in [9.17, 15) is 14.4 Å². The lowest BCUT2D eigenvalue weighted by Crippen LogP contribution is -2.67. The van der Waals surface area contributed by atoms with Gasteiger partial charge in [-0.25, -0.2) is 4.98 Å². The summed E-state index contributed by atoms with van der Waals surface area (Å²) in [4.78, 5) is 46.4. The second kappa shape index (κ2) is 9.27. The van der Waals surface area contributed by atoms with Gasteiger partial charge in [-0.15, -0.1) is 0 Å². The standard InChI is InChI=1S/C27H29N5O5/c1-16(33)28-17-8-9-21-19(14-17)25(34)30-27(31(21)2)10-12-32(13-11-27)26(35)20-15-23(37-4)18-6-5-7-22(36-3)24(18)29-20/h5-9,14-15H,10-13H2,1-4H3,(H,28,33)(H,30,34). The van der Waals surface area contributed by atoms with Crippen molar-refractivity contribution < 1.29 is 23.9 Å². The van der Waals surface area contributed by atoms with Crippen LogP contribution in [0.3, 0.4) is 0 Å². The van der Waals surface area contributed by atoms with Crippen molar-refractivity contribution >= 4 is 40.0 Å². The van der Waals surface area contributed by atoms with E-state index in [1.54, 1.807) is 43.4 Å². The highest BCUT2D eigenvalue weighted by Gasteiger charge is 2.45. The number of pyridine rings is 1. The molecule has 0 unspecified atom stereocenters. The summed E-state index contributed by atoms with van der Waals surface area (Å²) in [5.74, 6) is 0.513. The number of carbonyl (C=O) groups is 3. The van der Waals surface area contributed by atoms with Crippen molar-refractivity contribution in [2.45, 2.75) is 25.4 Å². The van der Waals surface area contributed by atoms with E-state index < -0.39 is 5.66 Å². The summed E-state index contributed by atoms with van der Waals surface area (Å²) in [7, 11) is 5.07. The first kappa shape index (κ1) is 24.4. The van der Waals surface area contributed by atoms with Gasteiger partial charge in [0.05, 0.1) is 25.5 Å². The molecule has 3 aromatic rings. The molecule has 0 radical (unpaired) electrons. The zero-order valence-corrected chi connectivity index (χ0v) is 21.3. The monoisotopic (exact) mass is 503 g/mol. The lowest BCUT2D eigenvalue weighted by molar-refractivity contribution is -0.114. The third-order valence-corrected chi connectivity index (χ3v) is 7.21. The van der Waals surface area contributed by atoms with Gasteiger partial charge >= 0.3 is 0 Å². The third-order valence-electron chi connectivity index (χ3n) is 7.21. The Kier molecular flexibility index (Phi) is 6.10. The van der Waals surface area contributed by atoms with Crippen LogP contribution in [-0.4, -0.2) is 67.6 Å². The first-order valence-corrected chi connectivity index (χ1v) is 12.1. The molecule has 0 aliphatic carbocycles. The molecule has 3 heterocycles. The number of hydrogen-bond acceptors (Lipinski definition) is 7. The Morgan fingerprint density at radius 1 is 1.05 bits per heavy atom. The Bertz CT molecular complexity index is 1410. The van der Waals surface area contributed by atoms with Gasteiger partial charge in [-0.3, -0.25) is 14.4 Å². The molecular formula is C27H29N5O5. The highest BCUT2D eigenvalue weighted by molar-refractivity contribution is 6.04. The van der Waals surface area contributed by atoms with E-state index in [1.807, 2.05) is 25.2 Å². The molecule has 192 valence electrons. The molecular weight excluding hydrogens is 474 g/mol. The molecule has 0 saturated carbocycles. The summed E-state index contributed by atoms with van der Waals surface area (Å²) in [6.07, 6.45) is 1.09. The van der Waals surface area contributed by atoms with Crippen molar-refractivity contribution in [3.8, 4) is 11.5 Å². The Morgan fingerprint density at radius 2 is 1.78 bits per heavy atom. The van der Waals surface area contributed by atoms with Gasteiger partial charge in [-0.2, -0.15) is 0 Å². The van der Waals surface area contributed by atoms with Crippen LogP contribution < -0.4 is 25.0 Å². The van der Waals surface area contributed by atoms with E-state index in [0.29, 0.717) is 54.2 Å². The van der Waals surface area contributed by atoms with Gasteiger partial charge in [0.1, 0.15) is 28.4 Å². The van der Waals surface area contributed by atoms with Gasteiger partial charge in [0, 0.05) is 57.0 Å². The Morgan fingerprint density at radius 3 is 2.46 bits per heavy atom. The fourth-order valence-corrected chi connectivity index (χ4v) is 5.22. The molecule has 2 N–H and O–H groups in total. The SMILES string of the molecule is COc1cc(C(=O)N2CCC3(CC2)NC(=O)c2cc(NC(C)=O)ccc2N3C)nc2c(OC)cccc12. The molecule has 0 bridgehead atoms. The van der Waals surface area contributed by atoms with Crippen LogP contribution in [-0.2, 0) is 4.79 Å². The van der Waals surface area contributed by atoms with E-state index >= 15 is 0 Å². The Hall–Kier alpha value is -4.34. The lowest BCUT2D eigenvalue weighted by atomic mass is 9.90. The second-order valence-electron chi connectivity index (χ2n) is 9.32. The minimum Gasteiger partial charge on any atom is -0.496 e. The van der Waals surface area contributed by atoms with Crippen molar-refractivity contribution in [1.82, 2.24) is 15.2 Å². The van der Waals surface area contributed by atoms with Crippen LogP contribution in [0.4, 0.5) is 11.4 Å². The number of nitrogens with zero attached hydrogens (tertiary/aromatic N) is 3. The zero-order chi connectivity index (χ0) is 26.3. The topological polar surface area (TPSA) is 113 Å². The number of carbonyl (C=O) groups excluding carboxylic acids is 3. The smallest absolute Gasteiger partial charge is 0.272 e. The highest BCUT2D eigenvalue weighted by atomic mass is 16.5. The molecule has 5 rings (SSSR count). The van der Waals surface area contributed by atoms with Crippen LogP contribution in [0.1, 0.15) is 40.6 Å². The van der Waals surface area contributed by atoms with E-state index in [2.05, 4.69) is 20.5 Å². The highest BCUT2D eigenvalue weighted by Crippen LogP contribution is 2.38. The summed E-state index contributed by atoms with van der Waals surface area (Å²) < 4.78 is 11.0. The zero-order valence-electron chi connectivity index (χ0n) is 21.3. The number of ether oxygens (including phenoxy) is 2. The number of piperidine rings is 1. The van der Waals surface area contributed by atoms with Crippen molar-refractivity contribution in [1.29, 1.82) is 0 Å². The molecule has 1 aromatic heterocycles. The van der Waals surface area contributed by atoms with Gasteiger partial charge in [-0.1, -0.05) is 6.07 Å². The predicted octanol–water partition coefficient (Wildman–Crippen LogP) is 3.02. The Balaban J connectivity index is 1.37. The summed E-state index contributed by atoms with van der Waals surface area (Å²) in [6.45, 7) is 2.31. The summed E-state index contributed by atoms with van der Waals surface area (Å²) in [5.41, 5.74) is 2.08. The molecule has 1 fully saturated rings. The van der Waals surface area contributed by atoms with Crippen LogP contribution in [0, 0.1) is 0 Å². The second-order valence-corrected chi connectivity index (χ2v) is 9.32.